The Bertz CT molecular complexity index is 728. The Morgan fingerprint density at radius 1 is 1.23 bits per heavy atom. The Hall–Kier alpha value is -1.66. The van der Waals surface area contributed by atoms with Crippen molar-refractivity contribution < 1.29 is 14.3 Å². The van der Waals surface area contributed by atoms with Gasteiger partial charge in [-0.1, -0.05) is 6.07 Å². The lowest BCUT2D eigenvalue weighted by atomic mass is 10.2. The van der Waals surface area contributed by atoms with Crippen molar-refractivity contribution in [3.8, 4) is 11.5 Å². The fourth-order valence-electron chi connectivity index (χ4n) is 2.68. The number of amides is 1. The van der Waals surface area contributed by atoms with Gasteiger partial charge in [-0.2, -0.15) is 0 Å². The summed E-state index contributed by atoms with van der Waals surface area (Å²) in [6.45, 7) is 2.97. The first-order chi connectivity index (χ1) is 10.7. The van der Waals surface area contributed by atoms with Crippen molar-refractivity contribution >= 4 is 29.0 Å². The van der Waals surface area contributed by atoms with Crippen LogP contribution in [0.25, 0.3) is 0 Å². The van der Waals surface area contributed by atoms with Crippen molar-refractivity contribution in [3.05, 3.63) is 45.6 Å². The van der Waals surface area contributed by atoms with Crippen LogP contribution in [-0.4, -0.2) is 23.4 Å². The van der Waals surface area contributed by atoms with E-state index in [2.05, 4.69) is 19.1 Å². The molecule has 1 saturated heterocycles. The fraction of sp³-hybridized carbons (Fsp3) is 0.312. The van der Waals surface area contributed by atoms with Crippen LogP contribution in [0.15, 0.2) is 30.3 Å². The van der Waals surface area contributed by atoms with E-state index in [1.807, 2.05) is 23.1 Å². The molecule has 2 aliphatic heterocycles. The summed E-state index contributed by atoms with van der Waals surface area (Å²) in [4.78, 5) is 16.7. The van der Waals surface area contributed by atoms with E-state index in [0.717, 1.165) is 17.1 Å². The summed E-state index contributed by atoms with van der Waals surface area (Å²) >= 11 is 3.46. The number of aryl methyl sites for hydroxylation is 1. The summed E-state index contributed by atoms with van der Waals surface area (Å²) in [6, 6.07) is 10.1. The second kappa shape index (κ2) is 5.52. The zero-order valence-corrected chi connectivity index (χ0v) is 13.7. The molecule has 1 atom stereocenters. The second-order valence-corrected chi connectivity index (χ2v) is 7.71. The first kappa shape index (κ1) is 14.0. The fourth-order valence-corrected chi connectivity index (χ4v) is 4.98. The molecule has 0 spiro atoms. The molecule has 114 valence electrons. The molecule has 22 heavy (non-hydrogen) atoms. The molecule has 0 bridgehead atoms. The number of thioether (sulfide) groups is 1. The van der Waals surface area contributed by atoms with Crippen LogP contribution in [0.5, 0.6) is 11.5 Å². The van der Waals surface area contributed by atoms with Gasteiger partial charge >= 0.3 is 0 Å². The monoisotopic (exact) mass is 333 g/mol. The van der Waals surface area contributed by atoms with Gasteiger partial charge in [-0.25, -0.2) is 0 Å². The van der Waals surface area contributed by atoms with Crippen molar-refractivity contribution in [1.29, 1.82) is 0 Å². The van der Waals surface area contributed by atoms with Gasteiger partial charge in [-0.05, 0) is 36.8 Å². The van der Waals surface area contributed by atoms with Crippen molar-refractivity contribution in [1.82, 2.24) is 4.90 Å². The number of ether oxygens (including phenoxy) is 2. The van der Waals surface area contributed by atoms with Crippen LogP contribution in [0.1, 0.15) is 20.7 Å². The van der Waals surface area contributed by atoms with E-state index in [-0.39, 0.29) is 18.1 Å². The van der Waals surface area contributed by atoms with Gasteiger partial charge in [0.05, 0.1) is 5.75 Å². The van der Waals surface area contributed by atoms with E-state index in [1.54, 1.807) is 23.1 Å². The van der Waals surface area contributed by atoms with Gasteiger partial charge in [-0.3, -0.25) is 4.79 Å². The number of thiophene rings is 1. The summed E-state index contributed by atoms with van der Waals surface area (Å²) in [5.41, 5.74) is 1.07. The number of nitrogens with zero attached hydrogens (tertiary/aromatic N) is 1. The molecule has 0 aliphatic carbocycles. The van der Waals surface area contributed by atoms with E-state index < -0.39 is 0 Å². The van der Waals surface area contributed by atoms with E-state index in [1.165, 1.54) is 9.75 Å². The minimum atomic E-state index is 0.122. The second-order valence-electron chi connectivity index (χ2n) is 5.32. The zero-order chi connectivity index (χ0) is 15.1. The van der Waals surface area contributed by atoms with Crippen LogP contribution in [0, 0.1) is 6.92 Å². The number of fused-ring (bicyclic) bond motifs is 1. The quantitative estimate of drug-likeness (QED) is 0.861. The topological polar surface area (TPSA) is 38.8 Å². The van der Waals surface area contributed by atoms with E-state index >= 15 is 0 Å². The van der Waals surface area contributed by atoms with Crippen LogP contribution in [0.3, 0.4) is 0 Å². The van der Waals surface area contributed by atoms with Gasteiger partial charge in [0, 0.05) is 16.3 Å². The summed E-state index contributed by atoms with van der Waals surface area (Å²) in [5, 5.41) is 0.122. The van der Waals surface area contributed by atoms with Crippen molar-refractivity contribution in [3.63, 3.8) is 0 Å². The lowest BCUT2D eigenvalue weighted by Crippen LogP contribution is -2.27. The van der Waals surface area contributed by atoms with Gasteiger partial charge in [0.1, 0.15) is 5.37 Å². The molecule has 1 amide bonds. The zero-order valence-electron chi connectivity index (χ0n) is 12.1. The summed E-state index contributed by atoms with van der Waals surface area (Å²) in [5.74, 6) is 2.28. The third-order valence-electron chi connectivity index (χ3n) is 3.76. The Labute approximate surface area is 137 Å². The summed E-state index contributed by atoms with van der Waals surface area (Å²) < 4.78 is 10.7. The minimum absolute atomic E-state index is 0.122. The number of carbonyl (C=O) groups is 1. The number of hydrogen-bond acceptors (Lipinski definition) is 5. The summed E-state index contributed by atoms with van der Waals surface area (Å²) in [7, 11) is 0. The van der Waals surface area contributed by atoms with Crippen LogP contribution in [0.2, 0.25) is 0 Å². The predicted octanol–water partition coefficient (Wildman–Crippen LogP) is 3.56. The number of hydrogen-bond donors (Lipinski definition) is 0. The Morgan fingerprint density at radius 2 is 2.09 bits per heavy atom. The number of carbonyl (C=O) groups excluding carboxylic acids is 1. The van der Waals surface area contributed by atoms with Crippen molar-refractivity contribution in [2.75, 3.05) is 12.5 Å². The maximum Gasteiger partial charge on any atom is 0.234 e. The lowest BCUT2D eigenvalue weighted by molar-refractivity contribution is -0.128. The lowest BCUT2D eigenvalue weighted by Gasteiger charge is -2.23. The standard InChI is InChI=1S/C16H15NO3S2/c1-10-2-5-14(22-10)16-17(15(18)8-21-16)7-11-3-4-12-13(6-11)20-9-19-12/h2-6,16H,7-9H2,1H3. The van der Waals surface area contributed by atoms with Crippen molar-refractivity contribution in [2.45, 2.75) is 18.8 Å². The van der Waals surface area contributed by atoms with Crippen LogP contribution < -0.4 is 9.47 Å². The van der Waals surface area contributed by atoms with Gasteiger partial charge in [-0.15, -0.1) is 23.1 Å². The first-order valence-electron chi connectivity index (χ1n) is 7.06. The van der Waals surface area contributed by atoms with E-state index in [4.69, 9.17) is 9.47 Å². The number of benzene rings is 1. The molecule has 4 rings (SSSR count). The highest BCUT2D eigenvalue weighted by Crippen LogP contribution is 2.42. The van der Waals surface area contributed by atoms with Crippen LogP contribution in [-0.2, 0) is 11.3 Å². The third-order valence-corrected chi connectivity index (χ3v) is 6.20. The molecule has 2 aromatic rings. The molecule has 1 unspecified atom stereocenters. The third kappa shape index (κ3) is 2.46. The molecule has 0 saturated carbocycles. The number of rotatable bonds is 3. The predicted molar refractivity (Wildman–Crippen MR) is 87.4 cm³/mol. The van der Waals surface area contributed by atoms with Gasteiger partial charge in [0.2, 0.25) is 12.7 Å². The Kier molecular flexibility index (Phi) is 3.50. The molecule has 0 N–H and O–H groups in total. The maximum atomic E-state index is 12.3. The normalized spacial score (nSPS) is 20.0. The molecule has 1 aromatic carbocycles. The Morgan fingerprint density at radius 3 is 2.91 bits per heavy atom. The summed E-state index contributed by atoms with van der Waals surface area (Å²) in [6.07, 6.45) is 0. The first-order valence-corrected chi connectivity index (χ1v) is 8.93. The maximum absolute atomic E-state index is 12.3. The molecule has 0 radical (unpaired) electrons. The smallest absolute Gasteiger partial charge is 0.234 e. The average molecular weight is 333 g/mol. The van der Waals surface area contributed by atoms with E-state index in [9.17, 15) is 4.79 Å². The highest BCUT2D eigenvalue weighted by Gasteiger charge is 2.33. The molecule has 3 heterocycles. The molecule has 4 nitrogen and oxygen atoms in total. The van der Waals surface area contributed by atoms with Gasteiger partial charge in [0.25, 0.3) is 0 Å². The molecular weight excluding hydrogens is 318 g/mol. The largest absolute Gasteiger partial charge is 0.454 e. The van der Waals surface area contributed by atoms with Crippen LogP contribution >= 0.6 is 23.1 Å². The molecular formula is C16H15NO3S2. The van der Waals surface area contributed by atoms with Gasteiger partial charge in [0.15, 0.2) is 11.5 Å². The molecule has 6 heteroatoms. The average Bonchev–Trinajstić information content (AvgIpc) is 3.20. The molecule has 2 aliphatic rings. The highest BCUT2D eigenvalue weighted by molar-refractivity contribution is 8.00. The SMILES string of the molecule is Cc1ccc(C2SCC(=O)N2Cc2ccc3c(c2)OCO3)s1. The molecule has 1 fully saturated rings. The minimum Gasteiger partial charge on any atom is -0.454 e. The van der Waals surface area contributed by atoms with Crippen LogP contribution in [0.4, 0.5) is 0 Å². The van der Waals surface area contributed by atoms with Crippen molar-refractivity contribution in [2.24, 2.45) is 0 Å². The molecule has 1 aromatic heterocycles. The van der Waals surface area contributed by atoms with Gasteiger partial charge < -0.3 is 14.4 Å². The van der Waals surface area contributed by atoms with E-state index in [0.29, 0.717) is 12.3 Å². The highest BCUT2D eigenvalue weighted by atomic mass is 32.2. The Balaban J connectivity index is 1.58.